The van der Waals surface area contributed by atoms with E-state index in [0.29, 0.717) is 17.9 Å². The Morgan fingerprint density at radius 1 is 1.32 bits per heavy atom. The second-order valence-corrected chi connectivity index (χ2v) is 6.46. The third-order valence-electron chi connectivity index (χ3n) is 4.97. The van der Waals surface area contributed by atoms with Gasteiger partial charge in [-0.2, -0.15) is 13.2 Å². The number of alkyl halides is 3. The number of allylic oxidation sites excluding steroid dienone is 3. The summed E-state index contributed by atoms with van der Waals surface area (Å²) in [5, 5.41) is 9.07. The summed E-state index contributed by atoms with van der Waals surface area (Å²) in [5.41, 5.74) is -0.642. The molecule has 0 bridgehead atoms. The van der Waals surface area contributed by atoms with E-state index in [2.05, 4.69) is 0 Å². The summed E-state index contributed by atoms with van der Waals surface area (Å²) in [4.78, 5) is 11.1. The Balaban J connectivity index is 1.42. The van der Waals surface area contributed by atoms with Crippen molar-refractivity contribution >= 4 is 5.97 Å². The molecule has 7 heteroatoms. The van der Waals surface area contributed by atoms with Crippen LogP contribution in [-0.2, 0) is 27.1 Å². The monoisotopic (exact) mass is 352 g/mol. The Morgan fingerprint density at radius 2 is 2.08 bits per heavy atom. The lowest BCUT2D eigenvalue weighted by molar-refractivity contribution is -0.140. The molecule has 0 amide bonds. The number of hydrogen-bond donors (Lipinski definition) is 1. The number of ether oxygens (including phenoxy) is 2. The van der Waals surface area contributed by atoms with Crippen molar-refractivity contribution in [2.24, 2.45) is 17.8 Å². The zero-order valence-corrected chi connectivity index (χ0v) is 13.0. The zero-order chi connectivity index (χ0) is 17.8. The van der Waals surface area contributed by atoms with Crippen molar-refractivity contribution in [1.82, 2.24) is 0 Å². The molecule has 1 aromatic carbocycles. The molecule has 1 heterocycles. The minimum absolute atomic E-state index is 0.00694. The molecule has 1 saturated heterocycles. The van der Waals surface area contributed by atoms with Gasteiger partial charge in [0.2, 0.25) is 0 Å². The highest BCUT2D eigenvalue weighted by molar-refractivity contribution is 5.76. The molecule has 1 unspecified atom stereocenters. The van der Waals surface area contributed by atoms with Crippen LogP contribution in [0.15, 0.2) is 47.9 Å². The number of carbonyl (C=O) groups is 1. The Bertz CT molecular complexity index is 781. The first kappa shape index (κ1) is 16.1. The highest BCUT2D eigenvalue weighted by atomic mass is 19.4. The maximum absolute atomic E-state index is 13.0. The highest BCUT2D eigenvalue weighted by Crippen LogP contribution is 2.59. The molecule has 3 aliphatic rings. The minimum atomic E-state index is -4.42. The van der Waals surface area contributed by atoms with Gasteiger partial charge in [0.15, 0.2) is 0 Å². The predicted molar refractivity (Wildman–Crippen MR) is 80.0 cm³/mol. The van der Waals surface area contributed by atoms with Crippen LogP contribution in [0.2, 0.25) is 0 Å². The summed E-state index contributed by atoms with van der Waals surface area (Å²) >= 11 is 0. The summed E-state index contributed by atoms with van der Waals surface area (Å²) in [6.07, 6.45) is -0.686. The van der Waals surface area contributed by atoms with E-state index in [0.717, 1.165) is 6.07 Å². The molecule has 1 aliphatic heterocycles. The standard InChI is InChI=1S/C18H15F3O4/c19-18(20,21)12-4-2-1-3-9(12)8-24-10-5-6-11-13(7-10)25-16-14(11)15(16)17(22)23/h1-5,7,11,14-16H,6,8H2,(H,22,23)/t11?,14-,15-,16-/m1/s1. The van der Waals surface area contributed by atoms with Crippen LogP contribution in [0.3, 0.4) is 0 Å². The van der Waals surface area contributed by atoms with Gasteiger partial charge in [0, 0.05) is 23.5 Å². The Morgan fingerprint density at radius 3 is 2.80 bits per heavy atom. The molecule has 0 spiro atoms. The second kappa shape index (κ2) is 5.54. The highest BCUT2D eigenvalue weighted by Gasteiger charge is 2.66. The van der Waals surface area contributed by atoms with Crippen LogP contribution in [0.5, 0.6) is 0 Å². The number of hydrogen-bond acceptors (Lipinski definition) is 3. The molecule has 2 fully saturated rings. The number of carboxylic acid groups (broad SMARTS) is 1. The molecule has 2 aliphatic carbocycles. The quantitative estimate of drug-likeness (QED) is 0.897. The summed E-state index contributed by atoms with van der Waals surface area (Å²) in [6.45, 7) is -0.194. The van der Waals surface area contributed by atoms with Gasteiger partial charge in [0.05, 0.1) is 5.56 Å². The molecule has 4 atom stereocenters. The van der Waals surface area contributed by atoms with Crippen LogP contribution < -0.4 is 0 Å². The van der Waals surface area contributed by atoms with Crippen LogP contribution in [0.25, 0.3) is 0 Å². The van der Waals surface area contributed by atoms with E-state index in [4.69, 9.17) is 14.6 Å². The lowest BCUT2D eigenvalue weighted by Gasteiger charge is -2.20. The average molecular weight is 352 g/mol. The fourth-order valence-electron chi connectivity index (χ4n) is 3.72. The lowest BCUT2D eigenvalue weighted by Crippen LogP contribution is -2.15. The summed E-state index contributed by atoms with van der Waals surface area (Å²) in [5.74, 6) is -0.139. The van der Waals surface area contributed by atoms with Crippen LogP contribution in [0, 0.1) is 17.8 Å². The molecular formula is C18H15F3O4. The Hall–Kier alpha value is -2.44. The number of rotatable bonds is 4. The normalized spacial score (nSPS) is 29.7. The van der Waals surface area contributed by atoms with Crippen molar-refractivity contribution in [2.75, 3.05) is 0 Å². The molecule has 4 nitrogen and oxygen atoms in total. The Kier molecular flexibility index (Phi) is 3.56. The molecule has 0 radical (unpaired) electrons. The summed E-state index contributed by atoms with van der Waals surface area (Å²) in [7, 11) is 0. The maximum Gasteiger partial charge on any atom is 0.416 e. The van der Waals surface area contributed by atoms with Crippen molar-refractivity contribution in [3.8, 4) is 0 Å². The van der Waals surface area contributed by atoms with Crippen molar-refractivity contribution < 1.29 is 32.5 Å². The van der Waals surface area contributed by atoms with Gasteiger partial charge in [-0.15, -0.1) is 0 Å². The number of halogens is 3. The number of carboxylic acids is 1. The first-order chi connectivity index (χ1) is 11.9. The van der Waals surface area contributed by atoms with E-state index in [1.165, 1.54) is 18.2 Å². The molecule has 1 saturated carbocycles. The number of fused-ring (bicyclic) bond motifs is 3. The molecule has 132 valence electrons. The van der Waals surface area contributed by atoms with Gasteiger partial charge in [0.25, 0.3) is 0 Å². The second-order valence-electron chi connectivity index (χ2n) is 6.46. The van der Waals surface area contributed by atoms with E-state index in [1.807, 2.05) is 0 Å². The van der Waals surface area contributed by atoms with Crippen LogP contribution in [0.4, 0.5) is 13.2 Å². The molecule has 0 aromatic heterocycles. The largest absolute Gasteiger partial charge is 0.493 e. The van der Waals surface area contributed by atoms with Crippen molar-refractivity contribution in [2.45, 2.75) is 25.3 Å². The SMILES string of the molecule is O=C(O)[C@H]1[C@@H]2OC3=CC(OCc4ccccc4C(F)(F)F)=CCC3[C@@H]21. The fraction of sp³-hybridized carbons (Fsp3) is 0.389. The van der Waals surface area contributed by atoms with Gasteiger partial charge in [-0.1, -0.05) is 18.2 Å². The third-order valence-corrected chi connectivity index (χ3v) is 4.97. The molecule has 1 aromatic rings. The van der Waals surface area contributed by atoms with Crippen molar-refractivity contribution in [3.05, 3.63) is 59.1 Å². The van der Waals surface area contributed by atoms with Crippen LogP contribution >= 0.6 is 0 Å². The van der Waals surface area contributed by atoms with Crippen LogP contribution in [-0.4, -0.2) is 17.2 Å². The number of benzene rings is 1. The summed E-state index contributed by atoms with van der Waals surface area (Å²) in [6, 6.07) is 5.30. The fourth-order valence-corrected chi connectivity index (χ4v) is 3.72. The van der Waals surface area contributed by atoms with E-state index >= 15 is 0 Å². The minimum Gasteiger partial charge on any atom is -0.493 e. The van der Waals surface area contributed by atoms with Crippen molar-refractivity contribution in [3.63, 3.8) is 0 Å². The van der Waals surface area contributed by atoms with Gasteiger partial charge in [0.1, 0.15) is 30.1 Å². The van der Waals surface area contributed by atoms with Crippen LogP contribution in [0.1, 0.15) is 17.5 Å². The van der Waals surface area contributed by atoms with Gasteiger partial charge in [-0.25, -0.2) is 0 Å². The molecule has 1 N–H and O–H groups in total. The zero-order valence-electron chi connectivity index (χ0n) is 13.0. The van der Waals surface area contributed by atoms with Crippen molar-refractivity contribution in [1.29, 1.82) is 0 Å². The number of aliphatic carboxylic acids is 1. The average Bonchev–Trinajstić information content (AvgIpc) is 3.15. The van der Waals surface area contributed by atoms with E-state index in [1.54, 1.807) is 12.2 Å². The first-order valence-corrected chi connectivity index (χ1v) is 7.95. The smallest absolute Gasteiger partial charge is 0.416 e. The first-order valence-electron chi connectivity index (χ1n) is 7.95. The van der Waals surface area contributed by atoms with E-state index in [9.17, 15) is 18.0 Å². The maximum atomic E-state index is 13.0. The molecule has 4 rings (SSSR count). The molecular weight excluding hydrogens is 337 g/mol. The summed E-state index contributed by atoms with van der Waals surface area (Å²) < 4.78 is 50.1. The lowest BCUT2D eigenvalue weighted by atomic mass is 9.92. The predicted octanol–water partition coefficient (Wildman–Crippen LogP) is 3.74. The van der Waals surface area contributed by atoms with Gasteiger partial charge in [-0.05, 0) is 18.6 Å². The van der Waals surface area contributed by atoms with Gasteiger partial charge in [-0.3, -0.25) is 4.79 Å². The Labute approximate surface area is 141 Å². The van der Waals surface area contributed by atoms with E-state index < -0.39 is 23.6 Å². The van der Waals surface area contributed by atoms with Gasteiger partial charge < -0.3 is 14.6 Å². The van der Waals surface area contributed by atoms with Gasteiger partial charge >= 0.3 is 12.1 Å². The van der Waals surface area contributed by atoms with E-state index in [-0.39, 0.29) is 30.1 Å². The topological polar surface area (TPSA) is 55.8 Å². The third kappa shape index (κ3) is 2.77. The molecule has 25 heavy (non-hydrogen) atoms.